The molecule has 0 aliphatic heterocycles. The Hall–Kier alpha value is -2.94. The van der Waals surface area contributed by atoms with E-state index in [1.54, 1.807) is 0 Å². The number of unbranched alkanes of at least 4 members (excludes halogenated alkanes) is 5. The van der Waals surface area contributed by atoms with E-state index in [9.17, 15) is 0 Å². The van der Waals surface area contributed by atoms with Gasteiger partial charge in [0.05, 0.1) is 0 Å². The van der Waals surface area contributed by atoms with Crippen LogP contribution >= 0.6 is 22.7 Å². The topological polar surface area (TPSA) is 0 Å². The van der Waals surface area contributed by atoms with Gasteiger partial charge in [-0.15, -0.1) is 22.7 Å². The molecule has 0 fully saturated rings. The van der Waals surface area contributed by atoms with Crippen LogP contribution in [0.4, 0.5) is 0 Å². The molecule has 0 amide bonds. The normalized spacial score (nSPS) is 13.5. The fourth-order valence-corrected chi connectivity index (χ4v) is 8.06. The maximum Gasteiger partial charge on any atom is 0.0474 e. The van der Waals surface area contributed by atoms with E-state index in [1.807, 2.05) is 22.7 Å². The lowest BCUT2D eigenvalue weighted by Crippen LogP contribution is -1.93. The highest BCUT2D eigenvalue weighted by molar-refractivity contribution is 7.23. The van der Waals surface area contributed by atoms with Crippen molar-refractivity contribution in [2.75, 3.05) is 0 Å². The van der Waals surface area contributed by atoms with Gasteiger partial charge in [0.1, 0.15) is 0 Å². The second-order valence-electron chi connectivity index (χ2n) is 11.2. The van der Waals surface area contributed by atoms with Crippen molar-refractivity contribution < 1.29 is 0 Å². The van der Waals surface area contributed by atoms with Crippen LogP contribution in [0.15, 0.2) is 95.9 Å². The number of aryl methyl sites for hydroxylation is 2. The molecule has 212 valence electrons. The largest absolute Gasteiger partial charge is 0.143 e. The summed E-state index contributed by atoms with van der Waals surface area (Å²) in [5.41, 5.74) is 9.74. The number of allylic oxidation sites excluding steroid dienone is 5. The summed E-state index contributed by atoms with van der Waals surface area (Å²) < 4.78 is 0. The van der Waals surface area contributed by atoms with Crippen LogP contribution in [0.25, 0.3) is 31.8 Å². The summed E-state index contributed by atoms with van der Waals surface area (Å²) in [6, 6.07) is 25.1. The lowest BCUT2D eigenvalue weighted by atomic mass is 9.90. The van der Waals surface area contributed by atoms with E-state index in [-0.39, 0.29) is 0 Å². The molecule has 5 rings (SSSR count). The summed E-state index contributed by atoms with van der Waals surface area (Å²) in [5, 5.41) is 2.29. The van der Waals surface area contributed by atoms with E-state index in [4.69, 9.17) is 0 Å². The lowest BCUT2D eigenvalue weighted by Gasteiger charge is -2.14. The molecule has 1 aliphatic carbocycles. The van der Waals surface area contributed by atoms with Crippen molar-refractivity contribution in [3.05, 3.63) is 118 Å². The molecule has 2 aromatic carbocycles. The van der Waals surface area contributed by atoms with Crippen molar-refractivity contribution in [3.8, 4) is 20.2 Å². The summed E-state index contributed by atoms with van der Waals surface area (Å²) >= 11 is 3.93. The van der Waals surface area contributed by atoms with Gasteiger partial charge in [-0.25, -0.2) is 0 Å². The molecule has 4 aromatic rings. The second kappa shape index (κ2) is 15.3. The maximum atomic E-state index is 2.52. The predicted octanol–water partition coefficient (Wildman–Crippen LogP) is 12.8. The second-order valence-corrected chi connectivity index (χ2v) is 13.2. The first-order valence-corrected chi connectivity index (χ1v) is 17.4. The van der Waals surface area contributed by atoms with Crippen molar-refractivity contribution in [1.29, 1.82) is 0 Å². The Balaban J connectivity index is 1.45. The number of rotatable bonds is 14. The van der Waals surface area contributed by atoms with Crippen LogP contribution < -0.4 is 0 Å². The van der Waals surface area contributed by atoms with Gasteiger partial charge in [0.25, 0.3) is 0 Å². The van der Waals surface area contributed by atoms with E-state index in [0.29, 0.717) is 0 Å². The van der Waals surface area contributed by atoms with Crippen LogP contribution in [0.1, 0.15) is 93.9 Å². The van der Waals surface area contributed by atoms with Crippen molar-refractivity contribution >= 4 is 34.3 Å². The van der Waals surface area contributed by atoms with Crippen molar-refractivity contribution in [3.63, 3.8) is 0 Å². The molecule has 41 heavy (non-hydrogen) atoms. The Bertz CT molecular complexity index is 1460. The quantitative estimate of drug-likeness (QED) is 0.103. The van der Waals surface area contributed by atoms with E-state index >= 15 is 0 Å². The molecule has 0 atom stereocenters. The monoisotopic (exact) mass is 576 g/mol. The van der Waals surface area contributed by atoms with E-state index in [2.05, 4.69) is 110 Å². The highest BCUT2D eigenvalue weighted by Crippen LogP contribution is 2.43. The molecule has 0 radical (unpaired) electrons. The zero-order valence-electron chi connectivity index (χ0n) is 24.8. The first-order valence-electron chi connectivity index (χ1n) is 15.7. The van der Waals surface area contributed by atoms with Gasteiger partial charge in [0, 0.05) is 14.6 Å². The fraction of sp³-hybridized carbons (Fsp3) is 0.333. The zero-order valence-corrected chi connectivity index (χ0v) is 26.5. The average molecular weight is 577 g/mol. The van der Waals surface area contributed by atoms with E-state index in [0.717, 1.165) is 12.8 Å². The molecule has 0 nitrogen and oxygen atoms in total. The zero-order chi connectivity index (χ0) is 28.3. The van der Waals surface area contributed by atoms with Gasteiger partial charge >= 0.3 is 0 Å². The third kappa shape index (κ3) is 7.87. The van der Waals surface area contributed by atoms with Gasteiger partial charge < -0.3 is 0 Å². The van der Waals surface area contributed by atoms with E-state index < -0.39 is 0 Å². The van der Waals surface area contributed by atoms with Crippen LogP contribution in [-0.4, -0.2) is 0 Å². The molecule has 0 bridgehead atoms. The number of hydrogen-bond acceptors (Lipinski definition) is 2. The van der Waals surface area contributed by atoms with Crippen molar-refractivity contribution in [2.24, 2.45) is 0 Å². The van der Waals surface area contributed by atoms with E-state index in [1.165, 1.54) is 111 Å². The van der Waals surface area contributed by atoms with Crippen LogP contribution in [-0.2, 0) is 12.8 Å². The summed E-state index contributed by atoms with van der Waals surface area (Å²) in [5.74, 6) is 0. The third-order valence-electron chi connectivity index (χ3n) is 8.06. The molecule has 2 heterocycles. The van der Waals surface area contributed by atoms with Gasteiger partial charge in [0.15, 0.2) is 0 Å². The minimum atomic E-state index is 1.10. The minimum absolute atomic E-state index is 1.10. The third-order valence-corrected chi connectivity index (χ3v) is 10.4. The number of hydrogen-bond donors (Lipinski definition) is 0. The van der Waals surface area contributed by atoms with Crippen molar-refractivity contribution in [1.82, 2.24) is 0 Å². The molecule has 2 aromatic heterocycles. The van der Waals surface area contributed by atoms with Gasteiger partial charge in [0.2, 0.25) is 0 Å². The molecule has 2 heteroatoms. The first-order chi connectivity index (χ1) is 20.3. The van der Waals surface area contributed by atoms with Gasteiger partial charge in [-0.05, 0) is 101 Å². The molecule has 0 N–H and O–H groups in total. The number of benzene rings is 2. The highest BCUT2D eigenvalue weighted by Gasteiger charge is 2.16. The standard InChI is InChI=1S/C39H44S2/c1-3-5-7-11-21-35-29-37(39-33(26-27-40-39)20-10-6-4-2)41-38(35)34-24-22-30(23-25-34)28-36(31-16-12-8-13-17-31)32-18-14-9-15-19-32/h8-9,12-14,16-18,22-29H,3-7,10-11,15,19-21H2,1-2H3/b36-28+. The minimum Gasteiger partial charge on any atom is -0.143 e. The van der Waals surface area contributed by atoms with Gasteiger partial charge in [-0.3, -0.25) is 0 Å². The molecular formula is C39H44S2. The molecule has 0 unspecified atom stereocenters. The smallest absolute Gasteiger partial charge is 0.0474 e. The fourth-order valence-electron chi connectivity index (χ4n) is 5.73. The van der Waals surface area contributed by atoms with Crippen molar-refractivity contribution in [2.45, 2.75) is 84.5 Å². The van der Waals surface area contributed by atoms with Crippen LogP contribution in [0.2, 0.25) is 0 Å². The number of thiophene rings is 2. The molecular weight excluding hydrogens is 533 g/mol. The van der Waals surface area contributed by atoms with Gasteiger partial charge in [-0.1, -0.05) is 119 Å². The summed E-state index contributed by atoms with van der Waals surface area (Å²) in [7, 11) is 0. The first kappa shape index (κ1) is 29.5. The predicted molar refractivity (Wildman–Crippen MR) is 185 cm³/mol. The maximum absolute atomic E-state index is 2.52. The van der Waals surface area contributed by atoms with Crippen LogP contribution in [0, 0.1) is 0 Å². The Morgan fingerprint density at radius 2 is 1.54 bits per heavy atom. The van der Waals surface area contributed by atoms with Crippen LogP contribution in [0.3, 0.4) is 0 Å². The summed E-state index contributed by atoms with van der Waals surface area (Å²) in [6.45, 7) is 4.59. The molecule has 0 saturated carbocycles. The highest BCUT2D eigenvalue weighted by atomic mass is 32.1. The Morgan fingerprint density at radius 3 is 2.29 bits per heavy atom. The Morgan fingerprint density at radius 1 is 0.780 bits per heavy atom. The Kier molecular flexibility index (Phi) is 11.1. The summed E-state index contributed by atoms with van der Waals surface area (Å²) in [4.78, 5) is 4.41. The molecule has 0 spiro atoms. The molecule has 0 saturated heterocycles. The lowest BCUT2D eigenvalue weighted by molar-refractivity contribution is 0.668. The van der Waals surface area contributed by atoms with Gasteiger partial charge in [-0.2, -0.15) is 0 Å². The molecule has 1 aliphatic rings. The van der Waals surface area contributed by atoms with Crippen LogP contribution in [0.5, 0.6) is 0 Å². The average Bonchev–Trinajstić information content (AvgIpc) is 3.67. The summed E-state index contributed by atoms with van der Waals surface area (Å²) in [6.07, 6.45) is 22.8. The Labute approximate surface area is 256 Å². The SMILES string of the molecule is CCCCCCc1cc(-c2sccc2CCCCC)sc1-c1ccc(/C=C(/C2=CC=CCC2)c2ccccc2)cc1.